The van der Waals surface area contributed by atoms with Crippen LogP contribution in [0.4, 0.5) is 0 Å². The summed E-state index contributed by atoms with van der Waals surface area (Å²) in [6.45, 7) is 5.51. The molecule has 4 fully saturated rings. The molecule has 7 atom stereocenters. The Balaban J connectivity index is 1.34. The van der Waals surface area contributed by atoms with Gasteiger partial charge in [-0.25, -0.2) is 0 Å². The highest BCUT2D eigenvalue weighted by molar-refractivity contribution is 5.72. The molecule has 146 valence electrons. The zero-order chi connectivity index (χ0) is 18.6. The molecule has 0 bridgehead atoms. The molecule has 4 aliphatic rings. The number of rotatable bonds is 2. The van der Waals surface area contributed by atoms with Crippen molar-refractivity contribution in [3.05, 3.63) is 35.9 Å². The Kier molecular flexibility index (Phi) is 4.14. The van der Waals surface area contributed by atoms with E-state index in [2.05, 4.69) is 38.1 Å². The van der Waals surface area contributed by atoms with Gasteiger partial charge in [-0.3, -0.25) is 4.79 Å². The van der Waals surface area contributed by atoms with Gasteiger partial charge in [-0.15, -0.1) is 0 Å². The van der Waals surface area contributed by atoms with Crippen LogP contribution in [0.25, 0.3) is 0 Å². The van der Waals surface area contributed by atoms with Crippen molar-refractivity contribution in [2.45, 2.75) is 70.9 Å². The Labute approximate surface area is 161 Å². The minimum Gasteiger partial charge on any atom is -0.462 e. The van der Waals surface area contributed by atoms with E-state index >= 15 is 0 Å². The van der Waals surface area contributed by atoms with Crippen molar-refractivity contribution in [3.63, 3.8) is 0 Å². The fraction of sp³-hybridized carbons (Fsp3) is 0.696. The lowest BCUT2D eigenvalue weighted by molar-refractivity contribution is -0.306. The highest BCUT2D eigenvalue weighted by atomic mass is 16.7. The van der Waals surface area contributed by atoms with E-state index in [-0.39, 0.29) is 35.3 Å². The van der Waals surface area contributed by atoms with Crippen LogP contribution in [0, 0.1) is 22.7 Å². The summed E-state index contributed by atoms with van der Waals surface area (Å²) >= 11 is 0. The van der Waals surface area contributed by atoms with E-state index in [9.17, 15) is 4.79 Å². The Morgan fingerprint density at radius 1 is 1.07 bits per heavy atom. The number of esters is 1. The zero-order valence-corrected chi connectivity index (χ0v) is 16.4. The van der Waals surface area contributed by atoms with Gasteiger partial charge in [0, 0.05) is 17.8 Å². The maximum absolute atomic E-state index is 11.9. The van der Waals surface area contributed by atoms with Gasteiger partial charge < -0.3 is 14.2 Å². The smallest absolute Gasteiger partial charge is 0.306 e. The lowest BCUT2D eigenvalue weighted by Crippen LogP contribution is -2.62. The average molecular weight is 370 g/mol. The van der Waals surface area contributed by atoms with Crippen LogP contribution in [0.3, 0.4) is 0 Å². The fourth-order valence-electron chi connectivity index (χ4n) is 6.71. The third kappa shape index (κ3) is 2.75. The first-order valence-electron chi connectivity index (χ1n) is 10.5. The third-order valence-electron chi connectivity index (χ3n) is 8.12. The molecule has 2 heterocycles. The van der Waals surface area contributed by atoms with Gasteiger partial charge in [0.05, 0.1) is 19.1 Å². The molecule has 0 radical (unpaired) electrons. The van der Waals surface area contributed by atoms with Gasteiger partial charge in [0.25, 0.3) is 0 Å². The van der Waals surface area contributed by atoms with E-state index in [0.29, 0.717) is 18.3 Å². The van der Waals surface area contributed by atoms with Crippen LogP contribution < -0.4 is 0 Å². The maximum atomic E-state index is 11.9. The fourth-order valence-corrected chi connectivity index (χ4v) is 6.71. The molecule has 5 rings (SSSR count). The number of carbonyl (C=O) groups excluding carboxylic acids is 1. The number of benzene rings is 1. The van der Waals surface area contributed by atoms with E-state index in [4.69, 9.17) is 14.2 Å². The predicted molar refractivity (Wildman–Crippen MR) is 101 cm³/mol. The van der Waals surface area contributed by atoms with Crippen LogP contribution in [0.2, 0.25) is 0 Å². The maximum Gasteiger partial charge on any atom is 0.306 e. The standard InChI is InChI=1S/C23H30O4/c1-22-11-10-19-23(2,18(22)9-8-17-16(22)13-20(24)26-17)14-25-21(27-19)12-15-6-4-3-5-7-15/h3-7,16-19,21H,8-14H2,1-2H3/t16-,17+,18+,19+,21-,22+,23-/m1/s1. The van der Waals surface area contributed by atoms with E-state index < -0.39 is 0 Å². The van der Waals surface area contributed by atoms with E-state index in [1.807, 2.05) is 6.07 Å². The summed E-state index contributed by atoms with van der Waals surface area (Å²) in [6, 6.07) is 10.4. The predicted octanol–water partition coefficient (Wildman–Crippen LogP) is 4.12. The summed E-state index contributed by atoms with van der Waals surface area (Å²) < 4.78 is 18.4. The van der Waals surface area contributed by atoms with Crippen molar-refractivity contribution in [3.8, 4) is 0 Å². The van der Waals surface area contributed by atoms with Crippen molar-refractivity contribution in [1.29, 1.82) is 0 Å². The van der Waals surface area contributed by atoms with Gasteiger partial charge in [0.1, 0.15) is 6.10 Å². The monoisotopic (exact) mass is 370 g/mol. The van der Waals surface area contributed by atoms with E-state index in [1.54, 1.807) is 0 Å². The molecule has 1 aromatic rings. The lowest BCUT2D eigenvalue weighted by Gasteiger charge is -2.62. The van der Waals surface area contributed by atoms with Gasteiger partial charge in [0.15, 0.2) is 6.29 Å². The van der Waals surface area contributed by atoms with Crippen molar-refractivity contribution >= 4 is 5.97 Å². The average Bonchev–Trinajstić information content (AvgIpc) is 3.05. The van der Waals surface area contributed by atoms with Crippen molar-refractivity contribution in [2.24, 2.45) is 22.7 Å². The zero-order valence-electron chi connectivity index (χ0n) is 16.4. The first-order chi connectivity index (χ1) is 13.0. The molecule has 1 aromatic carbocycles. The molecular weight excluding hydrogens is 340 g/mol. The van der Waals surface area contributed by atoms with Crippen LogP contribution in [0.5, 0.6) is 0 Å². The SMILES string of the molecule is C[C@]12CO[C@@H](Cc3ccccc3)O[C@H]1CC[C@]1(C)[C@@H]2CC[C@@H]2OC(=O)C[C@H]21. The van der Waals surface area contributed by atoms with Crippen LogP contribution in [-0.4, -0.2) is 31.1 Å². The molecule has 2 saturated carbocycles. The largest absolute Gasteiger partial charge is 0.462 e. The number of ether oxygens (including phenoxy) is 3. The number of carbonyl (C=O) groups is 1. The summed E-state index contributed by atoms with van der Waals surface area (Å²) in [5.41, 5.74) is 1.43. The first kappa shape index (κ1) is 17.7. The second-order valence-corrected chi connectivity index (χ2v) is 9.57. The summed E-state index contributed by atoms with van der Waals surface area (Å²) in [5.74, 6) is 0.888. The molecule has 27 heavy (non-hydrogen) atoms. The molecule has 4 nitrogen and oxygen atoms in total. The molecular formula is C23H30O4. The Morgan fingerprint density at radius 3 is 2.70 bits per heavy atom. The van der Waals surface area contributed by atoms with Gasteiger partial charge in [0.2, 0.25) is 0 Å². The van der Waals surface area contributed by atoms with Crippen LogP contribution in [0.15, 0.2) is 30.3 Å². The van der Waals surface area contributed by atoms with Crippen molar-refractivity contribution in [1.82, 2.24) is 0 Å². The van der Waals surface area contributed by atoms with E-state index in [0.717, 1.165) is 38.7 Å². The topological polar surface area (TPSA) is 44.8 Å². The molecule has 2 saturated heterocycles. The van der Waals surface area contributed by atoms with Gasteiger partial charge in [-0.2, -0.15) is 0 Å². The van der Waals surface area contributed by atoms with Gasteiger partial charge >= 0.3 is 5.97 Å². The Bertz CT molecular complexity index is 718. The second kappa shape index (κ2) is 6.31. The minimum absolute atomic E-state index is 0.00165. The molecule has 0 aromatic heterocycles. The minimum atomic E-state index is -0.150. The van der Waals surface area contributed by atoms with Gasteiger partial charge in [-0.05, 0) is 42.6 Å². The molecule has 0 N–H and O–H groups in total. The highest BCUT2D eigenvalue weighted by Crippen LogP contribution is 2.63. The number of hydrogen-bond acceptors (Lipinski definition) is 4. The van der Waals surface area contributed by atoms with Crippen LogP contribution >= 0.6 is 0 Å². The van der Waals surface area contributed by atoms with E-state index in [1.165, 1.54) is 5.56 Å². The van der Waals surface area contributed by atoms with Crippen molar-refractivity contribution in [2.75, 3.05) is 6.61 Å². The van der Waals surface area contributed by atoms with Gasteiger partial charge in [-0.1, -0.05) is 44.2 Å². The first-order valence-corrected chi connectivity index (χ1v) is 10.5. The summed E-state index contributed by atoms with van der Waals surface area (Å²) in [7, 11) is 0. The Morgan fingerprint density at radius 2 is 1.89 bits per heavy atom. The summed E-state index contributed by atoms with van der Waals surface area (Å²) in [6.07, 6.45) is 5.90. The molecule has 2 aliphatic carbocycles. The molecule has 4 heteroatoms. The summed E-state index contributed by atoms with van der Waals surface area (Å²) in [5, 5.41) is 0. The third-order valence-corrected chi connectivity index (χ3v) is 8.12. The number of fused-ring (bicyclic) bond motifs is 5. The summed E-state index contributed by atoms with van der Waals surface area (Å²) in [4.78, 5) is 11.9. The molecule has 0 spiro atoms. The highest BCUT2D eigenvalue weighted by Gasteiger charge is 2.63. The molecule has 2 aliphatic heterocycles. The second-order valence-electron chi connectivity index (χ2n) is 9.57. The number of hydrogen-bond donors (Lipinski definition) is 0. The molecule has 0 unspecified atom stereocenters. The molecule has 0 amide bonds. The Hall–Kier alpha value is -1.39. The van der Waals surface area contributed by atoms with Crippen LogP contribution in [-0.2, 0) is 25.4 Å². The lowest BCUT2D eigenvalue weighted by atomic mass is 9.46. The quantitative estimate of drug-likeness (QED) is 0.735. The normalized spacial score (nSPS) is 46.1. The van der Waals surface area contributed by atoms with Crippen LogP contribution in [0.1, 0.15) is 51.5 Å². The van der Waals surface area contributed by atoms with Crippen molar-refractivity contribution < 1.29 is 19.0 Å².